The Labute approximate surface area is 326 Å². The van der Waals surface area contributed by atoms with Crippen LogP contribution in [-0.4, -0.2) is 103 Å². The van der Waals surface area contributed by atoms with Gasteiger partial charge in [0, 0.05) is 26.6 Å². The highest BCUT2D eigenvalue weighted by Gasteiger charge is 2.68. The fourth-order valence-electron chi connectivity index (χ4n) is 9.38. The van der Waals surface area contributed by atoms with Crippen LogP contribution in [0.3, 0.4) is 0 Å². The molecule has 6 aliphatic rings. The van der Waals surface area contributed by atoms with E-state index in [1.165, 1.54) is 4.90 Å². The van der Waals surface area contributed by atoms with Gasteiger partial charge < -0.3 is 39.1 Å². The third-order valence-corrected chi connectivity index (χ3v) is 12.5. The van der Waals surface area contributed by atoms with Crippen LogP contribution in [0, 0.1) is 17.3 Å². The van der Waals surface area contributed by atoms with Crippen molar-refractivity contribution in [3.05, 3.63) is 47.5 Å². The van der Waals surface area contributed by atoms with Gasteiger partial charge in [0.05, 0.1) is 30.8 Å². The van der Waals surface area contributed by atoms with Crippen LogP contribution in [0.15, 0.2) is 36.4 Å². The molecule has 8 atom stereocenters. The zero-order valence-electron chi connectivity index (χ0n) is 33.9. The van der Waals surface area contributed by atoms with E-state index in [-0.39, 0.29) is 30.4 Å². The number of rotatable bonds is 13. The lowest BCUT2D eigenvalue weighted by atomic mass is 9.43. The number of hydrogen-bond acceptors (Lipinski definition) is 9. The quantitative estimate of drug-likeness (QED) is 0.150. The highest BCUT2D eigenvalue weighted by molar-refractivity contribution is 6.48. The average molecular weight is 765 g/mol. The van der Waals surface area contributed by atoms with E-state index in [9.17, 15) is 19.2 Å². The number of nitrogens with zero attached hydrogens (tertiary/aromatic N) is 2. The first-order valence-electron chi connectivity index (χ1n) is 20.1. The SMILES string of the molecule is COC/C=C/CCCC[C@@H](NC(=O)[C@@H]1C[C@@H](OC(=O)N2Cc3ccccc3C2)CN1C(=O)[C@H](C)NC(=O)OC(C)(C)C)B1OC2CC3CC(C3(C)C)C2(C)O1. The van der Waals surface area contributed by atoms with Crippen molar-refractivity contribution in [1.82, 2.24) is 20.4 Å². The van der Waals surface area contributed by atoms with Gasteiger partial charge in [0.1, 0.15) is 23.8 Å². The molecule has 7 rings (SSSR count). The van der Waals surface area contributed by atoms with Crippen LogP contribution in [0.5, 0.6) is 0 Å². The van der Waals surface area contributed by atoms with Crippen LogP contribution >= 0.6 is 0 Å². The highest BCUT2D eigenvalue weighted by atomic mass is 16.7. The summed E-state index contributed by atoms with van der Waals surface area (Å²) in [5.74, 6) is -0.402. The van der Waals surface area contributed by atoms with Gasteiger partial charge in [0.15, 0.2) is 0 Å². The molecule has 302 valence electrons. The Morgan fingerprint density at radius 3 is 2.38 bits per heavy atom. The van der Waals surface area contributed by atoms with Gasteiger partial charge >= 0.3 is 19.3 Å². The first-order valence-corrected chi connectivity index (χ1v) is 20.1. The van der Waals surface area contributed by atoms with Crippen molar-refractivity contribution in [2.45, 2.75) is 148 Å². The second-order valence-electron chi connectivity index (χ2n) is 17.9. The number of fused-ring (bicyclic) bond motifs is 1. The van der Waals surface area contributed by atoms with Crippen molar-refractivity contribution < 1.29 is 42.7 Å². The largest absolute Gasteiger partial charge is 0.481 e. The van der Waals surface area contributed by atoms with E-state index >= 15 is 0 Å². The van der Waals surface area contributed by atoms with E-state index in [1.54, 1.807) is 39.7 Å². The predicted molar refractivity (Wildman–Crippen MR) is 206 cm³/mol. The molecule has 3 saturated carbocycles. The number of carbonyl (C=O) groups excluding carboxylic acids is 4. The summed E-state index contributed by atoms with van der Waals surface area (Å²) in [5, 5.41) is 5.86. The maximum Gasteiger partial charge on any atom is 0.481 e. The number of carbonyl (C=O) groups is 4. The summed E-state index contributed by atoms with van der Waals surface area (Å²) >= 11 is 0. The molecule has 0 radical (unpaired) electrons. The smallest absolute Gasteiger partial charge is 0.444 e. The number of alkyl carbamates (subject to hydrolysis) is 1. The molecular formula is C41H61BN4O9. The van der Waals surface area contributed by atoms with Crippen molar-refractivity contribution in [3.8, 4) is 0 Å². The minimum absolute atomic E-state index is 0.00299. The molecule has 4 amide bonds. The van der Waals surface area contributed by atoms with Crippen LogP contribution in [0.2, 0.25) is 0 Å². The molecule has 3 aliphatic carbocycles. The van der Waals surface area contributed by atoms with Gasteiger partial charge in [0.25, 0.3) is 0 Å². The van der Waals surface area contributed by atoms with Gasteiger partial charge in [-0.1, -0.05) is 56.7 Å². The Kier molecular flexibility index (Phi) is 12.3. The highest BCUT2D eigenvalue weighted by Crippen LogP contribution is 2.65. The summed E-state index contributed by atoms with van der Waals surface area (Å²) in [4.78, 5) is 57.6. The lowest BCUT2D eigenvalue weighted by molar-refractivity contribution is -0.199. The van der Waals surface area contributed by atoms with E-state index in [4.69, 9.17) is 23.5 Å². The van der Waals surface area contributed by atoms with Gasteiger partial charge in [-0.2, -0.15) is 0 Å². The summed E-state index contributed by atoms with van der Waals surface area (Å²) in [6.45, 7) is 15.0. The van der Waals surface area contributed by atoms with E-state index in [1.807, 2.05) is 30.3 Å². The van der Waals surface area contributed by atoms with Crippen LogP contribution in [-0.2, 0) is 46.2 Å². The van der Waals surface area contributed by atoms with Gasteiger partial charge in [-0.25, -0.2) is 9.59 Å². The molecule has 0 aromatic heterocycles. The summed E-state index contributed by atoms with van der Waals surface area (Å²) in [5.41, 5.74) is 1.06. The zero-order valence-corrected chi connectivity index (χ0v) is 33.9. The molecule has 2 N–H and O–H groups in total. The van der Waals surface area contributed by atoms with E-state index in [0.29, 0.717) is 38.0 Å². The van der Waals surface area contributed by atoms with Crippen LogP contribution in [0.1, 0.15) is 105 Å². The van der Waals surface area contributed by atoms with E-state index < -0.39 is 60.5 Å². The third-order valence-electron chi connectivity index (χ3n) is 12.5. The Morgan fingerprint density at radius 1 is 1.02 bits per heavy atom. The first-order chi connectivity index (χ1) is 26.0. The molecule has 2 bridgehead atoms. The zero-order chi connectivity index (χ0) is 39.7. The number of ether oxygens (including phenoxy) is 3. The van der Waals surface area contributed by atoms with Crippen molar-refractivity contribution in [3.63, 3.8) is 0 Å². The molecule has 1 aromatic carbocycles. The minimum Gasteiger partial charge on any atom is -0.444 e. The standard InChI is InChI=1S/C41H61BN4O9/c1-26(43-37(49)53-39(2,3)4)36(48)46-25-30(52-38(50)45-23-27-16-13-14-17-28(27)24-45)22-31(46)35(47)44-34(18-12-10-9-11-15-19-51-8)42-54-33-21-29-20-32(40(29,5)6)41(33,7)55-42/h11,13-17,26,29-34H,9-10,12,18-25H2,1-8H3,(H,43,49)(H,44,47)/b15-11+/t26-,29?,30+,31-,32?,33?,34+,41?/m0/s1. The Hall–Kier alpha value is -3.62. The number of unbranched alkanes of at least 4 members (excludes halogenated alkanes) is 2. The summed E-state index contributed by atoms with van der Waals surface area (Å²) in [6, 6.07) is 5.89. The van der Waals surface area contributed by atoms with Crippen LogP contribution in [0.4, 0.5) is 9.59 Å². The van der Waals surface area contributed by atoms with Crippen LogP contribution < -0.4 is 10.6 Å². The number of nitrogens with one attached hydrogen (secondary N) is 2. The molecular weight excluding hydrogens is 703 g/mol. The summed E-state index contributed by atoms with van der Waals surface area (Å²) in [7, 11) is 1.01. The van der Waals surface area contributed by atoms with E-state index in [0.717, 1.165) is 43.2 Å². The van der Waals surface area contributed by atoms with Crippen molar-refractivity contribution in [2.75, 3.05) is 20.3 Å². The number of allylic oxidation sites excluding steroid dienone is 1. The lowest BCUT2D eigenvalue weighted by Crippen LogP contribution is -2.65. The first kappa shape index (κ1) is 41.0. The second kappa shape index (κ2) is 16.5. The molecule has 5 fully saturated rings. The summed E-state index contributed by atoms with van der Waals surface area (Å²) in [6.07, 6.45) is 7.38. The Balaban J connectivity index is 1.17. The molecule has 2 saturated heterocycles. The molecule has 14 heteroatoms. The minimum atomic E-state index is -1.01. The molecule has 55 heavy (non-hydrogen) atoms. The summed E-state index contributed by atoms with van der Waals surface area (Å²) < 4.78 is 30.0. The van der Waals surface area contributed by atoms with Crippen LogP contribution in [0.25, 0.3) is 0 Å². The number of amides is 4. The van der Waals surface area contributed by atoms with Gasteiger partial charge in [-0.3, -0.25) is 14.5 Å². The molecule has 3 heterocycles. The fraction of sp³-hybridized carbons (Fsp3) is 0.707. The fourth-order valence-corrected chi connectivity index (χ4v) is 9.38. The van der Waals surface area contributed by atoms with Crippen molar-refractivity contribution >= 4 is 31.1 Å². The number of benzene rings is 1. The number of methoxy groups -OCH3 is 1. The normalized spacial score (nSPS) is 28.9. The van der Waals surface area contributed by atoms with Crippen molar-refractivity contribution in [1.29, 1.82) is 0 Å². The average Bonchev–Trinajstić information content (AvgIpc) is 3.84. The monoisotopic (exact) mass is 764 g/mol. The van der Waals surface area contributed by atoms with Gasteiger partial charge in [0.2, 0.25) is 11.8 Å². The second-order valence-corrected chi connectivity index (χ2v) is 17.9. The maximum absolute atomic E-state index is 14.5. The third kappa shape index (κ3) is 9.02. The number of likely N-dealkylation sites (tertiary alicyclic amines) is 1. The van der Waals surface area contributed by atoms with E-state index in [2.05, 4.69) is 37.5 Å². The topological polar surface area (TPSA) is 145 Å². The molecule has 1 aromatic rings. The Morgan fingerprint density at radius 2 is 1.73 bits per heavy atom. The van der Waals surface area contributed by atoms with Gasteiger partial charge in [-0.05, 0) is 95.1 Å². The van der Waals surface area contributed by atoms with Crippen molar-refractivity contribution in [2.24, 2.45) is 17.3 Å². The lowest BCUT2D eigenvalue weighted by Gasteiger charge is -2.64. The number of hydrogen-bond donors (Lipinski definition) is 2. The predicted octanol–water partition coefficient (Wildman–Crippen LogP) is 5.54. The Bertz CT molecular complexity index is 1590. The van der Waals surface area contributed by atoms with Gasteiger partial charge in [-0.15, -0.1) is 0 Å². The molecule has 0 spiro atoms. The molecule has 13 nitrogen and oxygen atoms in total. The molecule has 3 aliphatic heterocycles. The maximum atomic E-state index is 14.5. The molecule has 4 unspecified atom stereocenters.